The van der Waals surface area contributed by atoms with Crippen LogP contribution in [0.1, 0.15) is 18.9 Å². The third kappa shape index (κ3) is 2.24. The van der Waals surface area contributed by atoms with Crippen molar-refractivity contribution in [1.29, 1.82) is 0 Å². The summed E-state index contributed by atoms with van der Waals surface area (Å²) < 4.78 is 5.06. The van der Waals surface area contributed by atoms with E-state index in [0.717, 1.165) is 22.9 Å². The van der Waals surface area contributed by atoms with Crippen LogP contribution in [0.2, 0.25) is 0 Å². The second kappa shape index (κ2) is 4.84. The van der Waals surface area contributed by atoms with E-state index >= 15 is 0 Å². The number of nitrogens with one attached hydrogen (secondary N) is 1. The first-order valence-corrected chi connectivity index (χ1v) is 5.52. The Kier molecular flexibility index (Phi) is 3.25. The van der Waals surface area contributed by atoms with Gasteiger partial charge in [0.2, 0.25) is 0 Å². The number of para-hydroxylation sites is 1. The number of rotatable bonds is 4. The molecule has 0 aliphatic heterocycles. The van der Waals surface area contributed by atoms with Crippen LogP contribution in [0.3, 0.4) is 0 Å². The van der Waals surface area contributed by atoms with E-state index < -0.39 is 0 Å². The molecule has 0 atom stereocenters. The largest absolute Gasteiger partial charge is 0.465 e. The summed E-state index contributed by atoms with van der Waals surface area (Å²) >= 11 is 0. The van der Waals surface area contributed by atoms with Crippen LogP contribution in [-0.2, 0) is 16.0 Å². The Morgan fingerprint density at radius 1 is 1.38 bits per heavy atom. The van der Waals surface area contributed by atoms with Crippen LogP contribution >= 0.6 is 0 Å². The molecule has 1 N–H and O–H groups in total. The highest BCUT2D eigenvalue weighted by molar-refractivity contribution is 5.87. The zero-order valence-corrected chi connectivity index (χ0v) is 9.32. The molecule has 0 aliphatic rings. The lowest BCUT2D eigenvalue weighted by Gasteiger charge is -2.01. The van der Waals surface area contributed by atoms with Crippen molar-refractivity contribution >= 4 is 16.9 Å². The van der Waals surface area contributed by atoms with Gasteiger partial charge in [0.15, 0.2) is 0 Å². The number of aromatic amines is 1. The molecule has 2 aromatic rings. The lowest BCUT2D eigenvalue weighted by Crippen LogP contribution is -2.08. The average molecular weight is 217 g/mol. The molecule has 3 nitrogen and oxygen atoms in total. The van der Waals surface area contributed by atoms with Gasteiger partial charge in [0, 0.05) is 17.1 Å². The molecule has 0 saturated heterocycles. The van der Waals surface area contributed by atoms with Crippen LogP contribution in [0.25, 0.3) is 10.9 Å². The van der Waals surface area contributed by atoms with Crippen molar-refractivity contribution in [3.05, 3.63) is 36.0 Å². The molecule has 3 heteroatoms. The summed E-state index contributed by atoms with van der Waals surface area (Å²) in [5.74, 6) is -0.161. The fourth-order valence-electron chi connectivity index (χ4n) is 1.70. The second-order valence-electron chi connectivity index (χ2n) is 3.76. The van der Waals surface area contributed by atoms with Crippen molar-refractivity contribution in [3.8, 4) is 0 Å². The van der Waals surface area contributed by atoms with Crippen molar-refractivity contribution in [1.82, 2.24) is 4.98 Å². The van der Waals surface area contributed by atoms with Crippen LogP contribution in [0.15, 0.2) is 30.5 Å². The monoisotopic (exact) mass is 217 g/mol. The van der Waals surface area contributed by atoms with E-state index in [1.165, 1.54) is 0 Å². The van der Waals surface area contributed by atoms with Crippen LogP contribution in [0, 0.1) is 0 Å². The topological polar surface area (TPSA) is 42.1 Å². The van der Waals surface area contributed by atoms with Crippen LogP contribution < -0.4 is 0 Å². The molecule has 0 unspecified atom stereocenters. The number of fused-ring (bicyclic) bond motifs is 1. The number of benzene rings is 1. The van der Waals surface area contributed by atoms with E-state index in [9.17, 15) is 4.79 Å². The minimum atomic E-state index is -0.161. The average Bonchev–Trinajstić information content (AvgIpc) is 2.70. The molecule has 0 saturated carbocycles. The number of ether oxygens (including phenoxy) is 1. The maximum absolute atomic E-state index is 11.5. The molecular weight excluding hydrogens is 202 g/mol. The number of H-pyrrole nitrogens is 1. The molecule has 0 bridgehead atoms. The summed E-state index contributed by atoms with van der Waals surface area (Å²) in [6.45, 7) is 2.49. The van der Waals surface area contributed by atoms with Crippen LogP contribution in [0.5, 0.6) is 0 Å². The Hall–Kier alpha value is -1.77. The van der Waals surface area contributed by atoms with E-state index in [1.807, 2.05) is 37.4 Å². The highest BCUT2D eigenvalue weighted by Crippen LogP contribution is 2.18. The van der Waals surface area contributed by atoms with E-state index in [2.05, 4.69) is 4.98 Å². The highest BCUT2D eigenvalue weighted by atomic mass is 16.5. The number of aromatic nitrogens is 1. The Labute approximate surface area is 94.4 Å². The Morgan fingerprint density at radius 2 is 2.19 bits per heavy atom. The van der Waals surface area contributed by atoms with E-state index in [4.69, 9.17) is 4.74 Å². The summed E-state index contributed by atoms with van der Waals surface area (Å²) in [7, 11) is 0. The lowest BCUT2D eigenvalue weighted by atomic mass is 10.1. The molecule has 0 radical (unpaired) electrons. The van der Waals surface area contributed by atoms with Crippen LogP contribution in [0.4, 0.5) is 0 Å². The zero-order chi connectivity index (χ0) is 11.4. The molecular formula is C13H15NO2. The molecule has 0 aliphatic carbocycles. The molecule has 1 aromatic carbocycles. The van der Waals surface area contributed by atoms with Crippen molar-refractivity contribution < 1.29 is 9.53 Å². The molecule has 1 aromatic heterocycles. The van der Waals surface area contributed by atoms with Crippen LogP contribution in [-0.4, -0.2) is 17.6 Å². The van der Waals surface area contributed by atoms with E-state index in [-0.39, 0.29) is 5.97 Å². The summed E-state index contributed by atoms with van der Waals surface area (Å²) in [4.78, 5) is 14.6. The number of hydrogen-bond acceptors (Lipinski definition) is 2. The van der Waals surface area contributed by atoms with Gasteiger partial charge in [-0.15, -0.1) is 0 Å². The lowest BCUT2D eigenvalue weighted by molar-refractivity contribution is -0.142. The van der Waals surface area contributed by atoms with Gasteiger partial charge in [-0.05, 0) is 18.1 Å². The first-order chi connectivity index (χ1) is 7.81. The zero-order valence-electron chi connectivity index (χ0n) is 9.32. The quantitative estimate of drug-likeness (QED) is 0.800. The van der Waals surface area contributed by atoms with Crippen molar-refractivity contribution in [2.24, 2.45) is 0 Å². The van der Waals surface area contributed by atoms with Crippen molar-refractivity contribution in [2.75, 3.05) is 6.61 Å². The number of carbonyl (C=O) groups excluding carboxylic acids is 1. The summed E-state index contributed by atoms with van der Waals surface area (Å²) in [6, 6.07) is 7.94. The van der Waals surface area contributed by atoms with E-state index in [0.29, 0.717) is 13.0 Å². The van der Waals surface area contributed by atoms with Gasteiger partial charge in [0.1, 0.15) is 0 Å². The van der Waals surface area contributed by atoms with E-state index in [1.54, 1.807) is 0 Å². The van der Waals surface area contributed by atoms with Crippen molar-refractivity contribution in [3.63, 3.8) is 0 Å². The fraction of sp³-hybridized carbons (Fsp3) is 0.308. The molecule has 16 heavy (non-hydrogen) atoms. The minimum Gasteiger partial charge on any atom is -0.465 e. The van der Waals surface area contributed by atoms with Gasteiger partial charge < -0.3 is 9.72 Å². The predicted molar refractivity (Wildman–Crippen MR) is 63.3 cm³/mol. The molecule has 84 valence electrons. The Bertz CT molecular complexity index is 487. The third-order valence-corrected chi connectivity index (χ3v) is 2.48. The Balaban J connectivity index is 2.12. The second-order valence-corrected chi connectivity index (χ2v) is 3.76. The molecule has 0 fully saturated rings. The maximum Gasteiger partial charge on any atom is 0.310 e. The first-order valence-electron chi connectivity index (χ1n) is 5.52. The normalized spacial score (nSPS) is 10.6. The van der Waals surface area contributed by atoms with Gasteiger partial charge in [0.05, 0.1) is 13.0 Å². The maximum atomic E-state index is 11.5. The summed E-state index contributed by atoms with van der Waals surface area (Å²) in [6.07, 6.45) is 3.07. The number of hydrogen-bond donors (Lipinski definition) is 1. The molecule has 0 amide bonds. The van der Waals surface area contributed by atoms with Gasteiger partial charge in [-0.2, -0.15) is 0 Å². The summed E-state index contributed by atoms with van der Waals surface area (Å²) in [5, 5.41) is 1.09. The van der Waals surface area contributed by atoms with Gasteiger partial charge in [-0.1, -0.05) is 25.1 Å². The highest BCUT2D eigenvalue weighted by Gasteiger charge is 2.08. The molecule has 0 spiro atoms. The number of carbonyl (C=O) groups is 1. The fourth-order valence-corrected chi connectivity index (χ4v) is 1.70. The SMILES string of the molecule is CCCOC(=O)Cc1c[nH]c2ccccc12. The van der Waals surface area contributed by atoms with Gasteiger partial charge >= 0.3 is 5.97 Å². The summed E-state index contributed by atoms with van der Waals surface area (Å²) in [5.41, 5.74) is 2.05. The standard InChI is InChI=1S/C13H15NO2/c1-2-7-16-13(15)8-10-9-14-12-6-4-3-5-11(10)12/h3-6,9,14H,2,7-8H2,1H3. The predicted octanol–water partition coefficient (Wildman–Crippen LogP) is 2.66. The van der Waals surface area contributed by atoms with Gasteiger partial charge in [-0.25, -0.2) is 0 Å². The molecule has 1 heterocycles. The smallest absolute Gasteiger partial charge is 0.310 e. The first kappa shape index (κ1) is 10.7. The van der Waals surface area contributed by atoms with Crippen molar-refractivity contribution in [2.45, 2.75) is 19.8 Å². The minimum absolute atomic E-state index is 0.161. The van der Waals surface area contributed by atoms with Gasteiger partial charge in [0.25, 0.3) is 0 Å². The number of esters is 1. The molecule has 2 rings (SSSR count). The third-order valence-electron chi connectivity index (χ3n) is 2.48. The van der Waals surface area contributed by atoms with Gasteiger partial charge in [-0.3, -0.25) is 4.79 Å². The Morgan fingerprint density at radius 3 is 3.00 bits per heavy atom.